The summed E-state index contributed by atoms with van der Waals surface area (Å²) >= 11 is 0. The molecule has 1 unspecified atom stereocenters. The number of fused-ring (bicyclic) bond motifs is 2. The summed E-state index contributed by atoms with van der Waals surface area (Å²) in [5.74, 6) is 0. The minimum atomic E-state index is -4.66. The number of carbonyl (C=O) groups is 1. The highest BCUT2D eigenvalue weighted by atomic mass is 19.4. The summed E-state index contributed by atoms with van der Waals surface area (Å²) in [7, 11) is 0. The van der Waals surface area contributed by atoms with Gasteiger partial charge in [0.1, 0.15) is 5.60 Å². The van der Waals surface area contributed by atoms with Crippen LogP contribution in [0.4, 0.5) is 18.0 Å². The van der Waals surface area contributed by atoms with Gasteiger partial charge < -0.3 is 4.74 Å². The first-order valence-corrected chi connectivity index (χ1v) is 6.33. The molecule has 2 fully saturated rings. The summed E-state index contributed by atoms with van der Waals surface area (Å²) < 4.78 is 46.1. The van der Waals surface area contributed by atoms with Gasteiger partial charge in [0.2, 0.25) is 0 Å². The molecule has 0 N–H and O–H groups in total. The Hall–Kier alpha value is -0.980. The van der Waals surface area contributed by atoms with E-state index in [0.717, 1.165) is 0 Å². The van der Waals surface area contributed by atoms with Crippen molar-refractivity contribution in [3.8, 4) is 0 Å². The summed E-state index contributed by atoms with van der Waals surface area (Å²) in [6.07, 6.45) is -4.70. The molecule has 4 nitrogen and oxygen atoms in total. The molecule has 0 saturated carbocycles. The lowest BCUT2D eigenvalue weighted by Gasteiger charge is -2.28. The number of halogens is 3. The first-order valence-electron chi connectivity index (χ1n) is 6.33. The van der Waals surface area contributed by atoms with E-state index in [1.165, 1.54) is 4.90 Å². The third-order valence-electron chi connectivity index (χ3n) is 3.37. The minimum absolute atomic E-state index is 0.202. The van der Waals surface area contributed by atoms with Gasteiger partial charge in [-0.25, -0.2) is 4.79 Å². The zero-order chi connectivity index (χ0) is 14.4. The molecule has 0 aromatic rings. The van der Waals surface area contributed by atoms with Gasteiger partial charge in [0, 0.05) is 6.04 Å². The normalized spacial score (nSPS) is 30.8. The predicted molar refractivity (Wildman–Crippen MR) is 60.4 cm³/mol. The monoisotopic (exact) mass is 281 g/mol. The molecule has 0 aromatic carbocycles. The number of amides is 1. The predicted octanol–water partition coefficient (Wildman–Crippen LogP) is 3.06. The summed E-state index contributed by atoms with van der Waals surface area (Å²) in [5.41, 5.74) is -0.653. The van der Waals surface area contributed by atoms with Crippen LogP contribution < -0.4 is 0 Å². The zero-order valence-corrected chi connectivity index (χ0v) is 11.2. The lowest BCUT2D eigenvalue weighted by Crippen LogP contribution is -2.42. The van der Waals surface area contributed by atoms with Crippen molar-refractivity contribution >= 4 is 6.09 Å². The zero-order valence-electron chi connectivity index (χ0n) is 11.2. The van der Waals surface area contributed by atoms with Crippen LogP contribution in [-0.4, -0.2) is 41.1 Å². The second-order valence-electron chi connectivity index (χ2n) is 6.02. The molecule has 1 amide bonds. The summed E-state index contributed by atoms with van der Waals surface area (Å²) in [6, 6.07) is -0.728. The fourth-order valence-corrected chi connectivity index (χ4v) is 2.83. The molecule has 0 aliphatic carbocycles. The third kappa shape index (κ3) is 3.32. The van der Waals surface area contributed by atoms with E-state index >= 15 is 0 Å². The number of ether oxygens (including phenoxy) is 2. The molecule has 2 saturated heterocycles. The topological polar surface area (TPSA) is 38.8 Å². The van der Waals surface area contributed by atoms with Crippen molar-refractivity contribution in [2.45, 2.75) is 70.2 Å². The molecule has 2 aliphatic rings. The van der Waals surface area contributed by atoms with Gasteiger partial charge in [0.25, 0.3) is 0 Å². The van der Waals surface area contributed by atoms with Crippen LogP contribution in [-0.2, 0) is 9.47 Å². The van der Waals surface area contributed by atoms with Crippen LogP contribution in [0, 0.1) is 0 Å². The Balaban J connectivity index is 2.03. The Bertz CT molecular complexity index is 364. The molecule has 0 radical (unpaired) electrons. The van der Waals surface area contributed by atoms with E-state index in [1.807, 2.05) is 0 Å². The fraction of sp³-hybridized carbons (Fsp3) is 0.917. The lowest BCUT2D eigenvalue weighted by molar-refractivity contribution is -0.344. The van der Waals surface area contributed by atoms with Gasteiger partial charge in [-0.05, 0) is 40.0 Å². The molecule has 0 aromatic heterocycles. The standard InChI is InChI=1S/C12H18F3NO3/c1-11(2,3)19-10(17)16-7-4-5-8(16)9(6-7)18-12(13,14)15/h7-9H,4-6H2,1-3H3/t7-,8+,9?/m1/s1. The van der Waals surface area contributed by atoms with Crippen molar-refractivity contribution in [3.63, 3.8) is 0 Å². The quantitative estimate of drug-likeness (QED) is 0.741. The van der Waals surface area contributed by atoms with E-state index in [1.54, 1.807) is 20.8 Å². The van der Waals surface area contributed by atoms with E-state index in [-0.39, 0.29) is 12.5 Å². The molecule has 110 valence electrons. The van der Waals surface area contributed by atoms with Gasteiger partial charge in [-0.2, -0.15) is 0 Å². The average molecular weight is 281 g/mol. The maximum atomic E-state index is 12.3. The van der Waals surface area contributed by atoms with E-state index in [4.69, 9.17) is 4.74 Å². The highest BCUT2D eigenvalue weighted by Crippen LogP contribution is 2.42. The molecule has 0 spiro atoms. The first kappa shape index (κ1) is 14.4. The summed E-state index contributed by atoms with van der Waals surface area (Å²) in [6.45, 7) is 5.19. The molecule has 2 heterocycles. The minimum Gasteiger partial charge on any atom is -0.444 e. The van der Waals surface area contributed by atoms with Crippen molar-refractivity contribution in [1.29, 1.82) is 0 Å². The third-order valence-corrected chi connectivity index (χ3v) is 3.37. The molecular formula is C12H18F3NO3. The average Bonchev–Trinajstić information content (AvgIpc) is 2.68. The highest BCUT2D eigenvalue weighted by molar-refractivity contribution is 5.70. The fourth-order valence-electron chi connectivity index (χ4n) is 2.83. The Morgan fingerprint density at radius 1 is 1.21 bits per heavy atom. The van der Waals surface area contributed by atoms with Crippen LogP contribution in [0.1, 0.15) is 40.0 Å². The van der Waals surface area contributed by atoms with E-state index in [2.05, 4.69) is 4.74 Å². The number of hydrogen-bond acceptors (Lipinski definition) is 3. The maximum absolute atomic E-state index is 12.3. The number of alkyl halides is 3. The van der Waals surface area contributed by atoms with Crippen LogP contribution in [0.25, 0.3) is 0 Å². The van der Waals surface area contributed by atoms with Gasteiger partial charge in [-0.1, -0.05) is 0 Å². The van der Waals surface area contributed by atoms with Gasteiger partial charge in [-0.3, -0.25) is 9.64 Å². The largest absolute Gasteiger partial charge is 0.522 e. The van der Waals surface area contributed by atoms with Crippen LogP contribution in [0.5, 0.6) is 0 Å². The number of nitrogens with zero attached hydrogens (tertiary/aromatic N) is 1. The van der Waals surface area contributed by atoms with Crippen molar-refractivity contribution < 1.29 is 27.4 Å². The number of hydrogen-bond donors (Lipinski definition) is 0. The highest BCUT2D eigenvalue weighted by Gasteiger charge is 2.53. The smallest absolute Gasteiger partial charge is 0.444 e. The molecule has 7 heteroatoms. The van der Waals surface area contributed by atoms with E-state index < -0.39 is 30.2 Å². The SMILES string of the molecule is CC(C)(C)OC(=O)N1[C@@H]2CC[C@H]1C(OC(F)(F)F)C2. The molecule has 2 aliphatic heterocycles. The molecule has 2 bridgehead atoms. The van der Waals surface area contributed by atoms with Crippen molar-refractivity contribution in [2.75, 3.05) is 0 Å². The first-order chi connectivity index (χ1) is 8.57. The van der Waals surface area contributed by atoms with Gasteiger partial charge >= 0.3 is 12.5 Å². The second kappa shape index (κ2) is 4.54. The van der Waals surface area contributed by atoms with Crippen molar-refractivity contribution in [1.82, 2.24) is 4.90 Å². The second-order valence-corrected chi connectivity index (χ2v) is 6.02. The Labute approximate surface area is 109 Å². The van der Waals surface area contributed by atoms with Gasteiger partial charge in [-0.15, -0.1) is 13.2 Å². The molecule has 3 atom stereocenters. The van der Waals surface area contributed by atoms with E-state index in [0.29, 0.717) is 12.8 Å². The van der Waals surface area contributed by atoms with Gasteiger partial charge in [0.15, 0.2) is 0 Å². The van der Waals surface area contributed by atoms with Crippen LogP contribution in [0.3, 0.4) is 0 Å². The Kier molecular flexibility index (Phi) is 3.45. The number of carbonyl (C=O) groups excluding carboxylic acids is 1. The van der Waals surface area contributed by atoms with Gasteiger partial charge in [0.05, 0.1) is 12.1 Å². The number of rotatable bonds is 1. The maximum Gasteiger partial charge on any atom is 0.522 e. The van der Waals surface area contributed by atoms with Crippen LogP contribution >= 0.6 is 0 Å². The summed E-state index contributed by atoms with van der Waals surface area (Å²) in [4.78, 5) is 13.4. The van der Waals surface area contributed by atoms with Crippen molar-refractivity contribution in [2.24, 2.45) is 0 Å². The Morgan fingerprint density at radius 2 is 1.84 bits per heavy atom. The lowest BCUT2D eigenvalue weighted by atomic mass is 9.98. The van der Waals surface area contributed by atoms with Crippen molar-refractivity contribution in [3.05, 3.63) is 0 Å². The Morgan fingerprint density at radius 3 is 2.37 bits per heavy atom. The van der Waals surface area contributed by atoms with Crippen LogP contribution in [0.15, 0.2) is 0 Å². The van der Waals surface area contributed by atoms with E-state index in [9.17, 15) is 18.0 Å². The summed E-state index contributed by atoms with van der Waals surface area (Å²) in [5, 5.41) is 0. The molecule has 2 rings (SSSR count). The molecule has 19 heavy (non-hydrogen) atoms. The molecular weight excluding hydrogens is 263 g/mol. The van der Waals surface area contributed by atoms with Crippen LogP contribution in [0.2, 0.25) is 0 Å².